The van der Waals surface area contributed by atoms with E-state index in [-0.39, 0.29) is 31.3 Å². The van der Waals surface area contributed by atoms with Gasteiger partial charge in [-0.25, -0.2) is 4.39 Å². The molecule has 2 N–H and O–H groups in total. The SMILES string of the molecule is NC(=O)[C@@]1(Cc2ccc(-c3ccc(F)cc3)cc2)CN(C(=O)[C@H]2CCCO2)CCO1. The predicted octanol–water partition coefficient (Wildman–Crippen LogP) is 2.30. The minimum atomic E-state index is -1.27. The fraction of sp³-hybridized carbons (Fsp3) is 0.391. The Morgan fingerprint density at radius 1 is 1.07 bits per heavy atom. The third kappa shape index (κ3) is 4.22. The van der Waals surface area contributed by atoms with E-state index in [4.69, 9.17) is 15.2 Å². The van der Waals surface area contributed by atoms with Crippen LogP contribution in [0, 0.1) is 5.82 Å². The molecule has 2 heterocycles. The van der Waals surface area contributed by atoms with Gasteiger partial charge in [0.15, 0.2) is 5.60 Å². The first-order chi connectivity index (χ1) is 14.5. The molecule has 2 aromatic rings. The highest BCUT2D eigenvalue weighted by Crippen LogP contribution is 2.27. The monoisotopic (exact) mass is 412 g/mol. The van der Waals surface area contributed by atoms with E-state index in [1.165, 1.54) is 12.1 Å². The molecule has 0 spiro atoms. The molecule has 158 valence electrons. The quantitative estimate of drug-likeness (QED) is 0.817. The van der Waals surface area contributed by atoms with Crippen LogP contribution in [0.3, 0.4) is 0 Å². The van der Waals surface area contributed by atoms with E-state index in [1.54, 1.807) is 17.0 Å². The molecule has 0 radical (unpaired) electrons. The number of morpholine rings is 1. The number of primary amides is 1. The zero-order chi connectivity index (χ0) is 21.1. The Balaban J connectivity index is 1.50. The van der Waals surface area contributed by atoms with Gasteiger partial charge in [0.2, 0.25) is 0 Å². The van der Waals surface area contributed by atoms with Crippen LogP contribution in [0.2, 0.25) is 0 Å². The zero-order valence-corrected chi connectivity index (χ0v) is 16.7. The van der Waals surface area contributed by atoms with Crippen molar-refractivity contribution in [2.24, 2.45) is 5.73 Å². The lowest BCUT2D eigenvalue weighted by molar-refractivity contribution is -0.167. The smallest absolute Gasteiger partial charge is 0.251 e. The van der Waals surface area contributed by atoms with Gasteiger partial charge in [0.1, 0.15) is 11.9 Å². The maximum absolute atomic E-state index is 13.1. The zero-order valence-electron chi connectivity index (χ0n) is 16.7. The molecule has 2 fully saturated rings. The number of ether oxygens (including phenoxy) is 2. The van der Waals surface area contributed by atoms with Crippen LogP contribution in [-0.2, 0) is 25.5 Å². The number of carbonyl (C=O) groups is 2. The van der Waals surface area contributed by atoms with Gasteiger partial charge in [0, 0.05) is 19.6 Å². The number of nitrogens with zero attached hydrogens (tertiary/aromatic N) is 1. The molecule has 2 aromatic carbocycles. The Bertz CT molecular complexity index is 910. The van der Waals surface area contributed by atoms with Crippen molar-refractivity contribution in [3.63, 3.8) is 0 Å². The third-order valence-electron chi connectivity index (χ3n) is 5.77. The number of nitrogens with two attached hydrogens (primary N) is 1. The second-order valence-electron chi connectivity index (χ2n) is 7.85. The normalized spacial score (nSPS) is 24.0. The summed E-state index contributed by atoms with van der Waals surface area (Å²) in [6.45, 7) is 1.36. The first-order valence-corrected chi connectivity index (χ1v) is 10.2. The second-order valence-corrected chi connectivity index (χ2v) is 7.85. The van der Waals surface area contributed by atoms with Gasteiger partial charge >= 0.3 is 0 Å². The molecular weight excluding hydrogens is 387 g/mol. The molecule has 0 saturated carbocycles. The Morgan fingerprint density at radius 2 is 1.73 bits per heavy atom. The maximum Gasteiger partial charge on any atom is 0.251 e. The Morgan fingerprint density at radius 3 is 2.33 bits per heavy atom. The summed E-state index contributed by atoms with van der Waals surface area (Å²) < 4.78 is 24.5. The summed E-state index contributed by atoms with van der Waals surface area (Å²) in [4.78, 5) is 26.8. The van der Waals surface area contributed by atoms with E-state index in [0.29, 0.717) is 19.6 Å². The highest BCUT2D eigenvalue weighted by atomic mass is 19.1. The van der Waals surface area contributed by atoms with Crippen LogP contribution in [0.25, 0.3) is 11.1 Å². The van der Waals surface area contributed by atoms with E-state index >= 15 is 0 Å². The molecule has 2 aliphatic heterocycles. The molecule has 0 bridgehead atoms. The van der Waals surface area contributed by atoms with Crippen LogP contribution in [0.5, 0.6) is 0 Å². The van der Waals surface area contributed by atoms with E-state index in [1.807, 2.05) is 24.3 Å². The summed E-state index contributed by atoms with van der Waals surface area (Å²) in [6, 6.07) is 13.9. The van der Waals surface area contributed by atoms with Gasteiger partial charge in [-0.1, -0.05) is 36.4 Å². The van der Waals surface area contributed by atoms with Crippen molar-refractivity contribution in [3.8, 4) is 11.1 Å². The molecule has 0 aliphatic carbocycles. The van der Waals surface area contributed by atoms with E-state index in [9.17, 15) is 14.0 Å². The minimum absolute atomic E-state index is 0.104. The molecule has 2 atom stereocenters. The molecule has 0 aromatic heterocycles. The van der Waals surface area contributed by atoms with Crippen molar-refractivity contribution in [1.82, 2.24) is 4.90 Å². The summed E-state index contributed by atoms with van der Waals surface area (Å²) in [6.07, 6.45) is 1.39. The fourth-order valence-corrected chi connectivity index (χ4v) is 4.08. The molecule has 0 unspecified atom stereocenters. The van der Waals surface area contributed by atoms with Gasteiger partial charge in [0.05, 0.1) is 13.2 Å². The number of benzene rings is 2. The lowest BCUT2D eigenvalue weighted by Gasteiger charge is -2.41. The van der Waals surface area contributed by atoms with Crippen LogP contribution in [0.4, 0.5) is 4.39 Å². The molecular formula is C23H25FN2O4. The van der Waals surface area contributed by atoms with Crippen LogP contribution in [0.15, 0.2) is 48.5 Å². The second kappa shape index (κ2) is 8.53. The van der Waals surface area contributed by atoms with Crippen molar-refractivity contribution in [2.45, 2.75) is 31.0 Å². The minimum Gasteiger partial charge on any atom is -0.368 e. The third-order valence-corrected chi connectivity index (χ3v) is 5.77. The Labute approximate surface area is 174 Å². The van der Waals surface area contributed by atoms with E-state index in [0.717, 1.165) is 23.1 Å². The van der Waals surface area contributed by atoms with Crippen molar-refractivity contribution < 1.29 is 23.5 Å². The van der Waals surface area contributed by atoms with Crippen molar-refractivity contribution >= 4 is 11.8 Å². The van der Waals surface area contributed by atoms with Gasteiger partial charge in [0.25, 0.3) is 11.8 Å². The molecule has 2 saturated heterocycles. The lowest BCUT2D eigenvalue weighted by Crippen LogP contribution is -2.62. The van der Waals surface area contributed by atoms with Crippen LogP contribution < -0.4 is 5.73 Å². The van der Waals surface area contributed by atoms with E-state index in [2.05, 4.69) is 0 Å². The largest absolute Gasteiger partial charge is 0.368 e. The number of hydrogen-bond donors (Lipinski definition) is 1. The number of hydrogen-bond acceptors (Lipinski definition) is 4. The Hall–Kier alpha value is -2.77. The van der Waals surface area contributed by atoms with Crippen molar-refractivity contribution in [3.05, 3.63) is 59.9 Å². The van der Waals surface area contributed by atoms with Crippen LogP contribution >= 0.6 is 0 Å². The molecule has 2 amide bonds. The maximum atomic E-state index is 13.1. The average Bonchev–Trinajstić information content (AvgIpc) is 3.29. The van der Waals surface area contributed by atoms with Gasteiger partial charge < -0.3 is 20.1 Å². The number of rotatable bonds is 5. The average molecular weight is 412 g/mol. The molecule has 30 heavy (non-hydrogen) atoms. The topological polar surface area (TPSA) is 81.9 Å². The summed E-state index contributed by atoms with van der Waals surface area (Å²) in [5.74, 6) is -0.974. The van der Waals surface area contributed by atoms with E-state index < -0.39 is 17.6 Å². The van der Waals surface area contributed by atoms with Gasteiger partial charge in [-0.05, 0) is 41.7 Å². The molecule has 6 nitrogen and oxygen atoms in total. The summed E-state index contributed by atoms with van der Waals surface area (Å²) in [7, 11) is 0. The van der Waals surface area contributed by atoms with Crippen molar-refractivity contribution in [2.75, 3.05) is 26.3 Å². The highest BCUT2D eigenvalue weighted by Gasteiger charge is 2.45. The lowest BCUT2D eigenvalue weighted by atomic mass is 9.90. The highest BCUT2D eigenvalue weighted by molar-refractivity contribution is 5.87. The predicted molar refractivity (Wildman–Crippen MR) is 109 cm³/mol. The molecule has 4 rings (SSSR count). The van der Waals surface area contributed by atoms with Gasteiger partial charge in [-0.15, -0.1) is 0 Å². The Kier molecular flexibility index (Phi) is 5.83. The first kappa shape index (κ1) is 20.5. The molecule has 2 aliphatic rings. The number of carbonyl (C=O) groups excluding carboxylic acids is 2. The van der Waals surface area contributed by atoms with Gasteiger partial charge in [-0.2, -0.15) is 0 Å². The molecule has 7 heteroatoms. The summed E-state index contributed by atoms with van der Waals surface area (Å²) in [5, 5.41) is 0. The van der Waals surface area contributed by atoms with Crippen LogP contribution in [-0.4, -0.2) is 54.7 Å². The van der Waals surface area contributed by atoms with Crippen molar-refractivity contribution in [1.29, 1.82) is 0 Å². The van der Waals surface area contributed by atoms with Crippen LogP contribution in [0.1, 0.15) is 18.4 Å². The first-order valence-electron chi connectivity index (χ1n) is 10.2. The van der Waals surface area contributed by atoms with Gasteiger partial charge in [-0.3, -0.25) is 9.59 Å². The fourth-order valence-electron chi connectivity index (χ4n) is 4.08. The summed E-state index contributed by atoms with van der Waals surface area (Å²) in [5.41, 5.74) is 7.16. The number of amides is 2. The standard InChI is InChI=1S/C23H25FN2O4/c24-19-9-7-18(8-10-19)17-5-3-16(4-6-17)14-23(22(25)28)15-26(11-13-30-23)21(27)20-2-1-12-29-20/h3-10,20H,1-2,11-15H2,(H2,25,28)/t20-,23-/m1/s1. The number of halogens is 1. The summed E-state index contributed by atoms with van der Waals surface area (Å²) >= 11 is 0.